The first kappa shape index (κ1) is 28.6. The summed E-state index contributed by atoms with van der Waals surface area (Å²) in [5.41, 5.74) is 2.34. The molecule has 44 heavy (non-hydrogen) atoms. The minimum Gasteiger partial charge on any atom is -0.435 e. The highest BCUT2D eigenvalue weighted by Gasteiger charge is 2.52. The number of carbonyl (C=O) groups is 1. The van der Waals surface area contributed by atoms with Crippen LogP contribution in [0.5, 0.6) is 5.75 Å². The van der Waals surface area contributed by atoms with Gasteiger partial charge >= 0.3 is 12.7 Å². The molecule has 1 amide bonds. The summed E-state index contributed by atoms with van der Waals surface area (Å²) < 4.78 is 38.8. The van der Waals surface area contributed by atoms with Gasteiger partial charge in [-0.05, 0) is 52.3 Å². The predicted octanol–water partition coefficient (Wildman–Crippen LogP) is 3.92. The minimum absolute atomic E-state index is 0.0812. The second-order valence-electron chi connectivity index (χ2n) is 13.2. The zero-order valence-electron chi connectivity index (χ0n) is 25.0. The molecular formula is C32H35F2N6O4+. The third-order valence-electron chi connectivity index (χ3n) is 8.86. The number of aromatic nitrogens is 4. The van der Waals surface area contributed by atoms with Crippen molar-refractivity contribution in [2.75, 3.05) is 18.0 Å². The highest BCUT2D eigenvalue weighted by atomic mass is 19.3. The Balaban J connectivity index is 1.15. The second-order valence-corrected chi connectivity index (χ2v) is 13.2. The van der Waals surface area contributed by atoms with Crippen molar-refractivity contribution >= 4 is 17.7 Å². The van der Waals surface area contributed by atoms with Gasteiger partial charge in [-0.3, -0.25) is 0 Å². The van der Waals surface area contributed by atoms with E-state index in [0.717, 1.165) is 28.1 Å². The predicted molar refractivity (Wildman–Crippen MR) is 157 cm³/mol. The number of quaternary nitrogens is 1. The lowest BCUT2D eigenvalue weighted by atomic mass is 9.93. The zero-order valence-corrected chi connectivity index (χ0v) is 25.0. The van der Waals surface area contributed by atoms with E-state index in [0.29, 0.717) is 35.9 Å². The number of imidazole rings is 1. The van der Waals surface area contributed by atoms with Crippen LogP contribution in [0.1, 0.15) is 63.4 Å². The first-order chi connectivity index (χ1) is 20.9. The Hall–Kier alpha value is -4.16. The van der Waals surface area contributed by atoms with Gasteiger partial charge in [-0.2, -0.15) is 13.6 Å². The van der Waals surface area contributed by atoms with Crippen LogP contribution in [0.25, 0.3) is 16.8 Å². The molecule has 2 aliphatic heterocycles. The highest BCUT2D eigenvalue weighted by molar-refractivity contribution is 5.65. The van der Waals surface area contributed by atoms with E-state index in [2.05, 4.69) is 14.9 Å². The molecule has 4 aromatic rings. The largest absolute Gasteiger partial charge is 0.515 e. The third kappa shape index (κ3) is 4.95. The van der Waals surface area contributed by atoms with Crippen LogP contribution in [0.15, 0.2) is 55.0 Å². The molecule has 0 saturated carbocycles. The topological polar surface area (TPSA) is 107 Å². The summed E-state index contributed by atoms with van der Waals surface area (Å²) in [6.07, 6.45) is 6.46. The van der Waals surface area contributed by atoms with E-state index in [4.69, 9.17) is 14.5 Å². The standard InChI is InChI=1S/C32H34F2N6O4/c1-31(2,3)44-30(41)39-17-20-11-21(39)16-38(20)29-35-13-19(14-36-29)18-9-10-25-37-27-26(40(25)15-18)23(12-32(27,4)42)22-7-5-6-8-24(22)43-28(33)34/h5-10,13-15,20-21,23,28,42H,11-12,16-17H2,1-4H3/p+1. The van der Waals surface area contributed by atoms with Crippen molar-refractivity contribution in [3.8, 4) is 16.9 Å². The lowest BCUT2D eigenvalue weighted by molar-refractivity contribution is -0.839. The Labute approximate surface area is 253 Å². The fourth-order valence-electron chi connectivity index (χ4n) is 7.02. The van der Waals surface area contributed by atoms with Crippen LogP contribution in [0.2, 0.25) is 0 Å². The molecule has 2 saturated heterocycles. The van der Waals surface area contributed by atoms with E-state index in [9.17, 15) is 18.7 Å². The third-order valence-corrected chi connectivity index (χ3v) is 8.86. The molecule has 2 N–H and O–H groups in total. The molecule has 2 fully saturated rings. The molecule has 12 heteroatoms. The molecule has 1 aromatic carbocycles. The molecule has 5 unspecified atom stereocenters. The van der Waals surface area contributed by atoms with Crippen LogP contribution in [0.4, 0.5) is 19.5 Å². The van der Waals surface area contributed by atoms with Gasteiger partial charge in [-0.1, -0.05) is 18.2 Å². The summed E-state index contributed by atoms with van der Waals surface area (Å²) in [6.45, 7) is 5.71. The number of alkyl halides is 2. The maximum Gasteiger partial charge on any atom is 0.515 e. The average Bonchev–Trinajstić information content (AvgIpc) is 3.72. The monoisotopic (exact) mass is 605 g/mol. The van der Waals surface area contributed by atoms with Gasteiger partial charge in [0, 0.05) is 47.6 Å². The van der Waals surface area contributed by atoms with Gasteiger partial charge in [0.1, 0.15) is 35.2 Å². The van der Waals surface area contributed by atoms with Crippen LogP contribution in [0, 0.1) is 0 Å². The number of aliphatic hydroxyl groups is 1. The Bertz CT molecular complexity index is 1740. The number of ether oxygens (including phenoxy) is 2. The number of alkyl carbamates (subject to hydrolysis) is 2. The number of likely N-dealkylation sites (tertiary alicyclic amines) is 1. The molecule has 0 radical (unpaired) electrons. The van der Waals surface area contributed by atoms with Crippen molar-refractivity contribution in [2.24, 2.45) is 0 Å². The number of amides is 1. The number of hydrogen-bond acceptors (Lipinski definition) is 8. The number of benzene rings is 1. The Morgan fingerprint density at radius 3 is 2.57 bits per heavy atom. The number of rotatable bonds is 5. The Morgan fingerprint density at radius 1 is 1.14 bits per heavy atom. The van der Waals surface area contributed by atoms with Gasteiger partial charge < -0.3 is 23.9 Å². The fraction of sp³-hybridized carbons (Fsp3) is 0.438. The molecule has 5 atom stereocenters. The molecule has 7 rings (SSSR count). The van der Waals surface area contributed by atoms with E-state index in [1.165, 1.54) is 6.07 Å². The van der Waals surface area contributed by atoms with Crippen LogP contribution in [-0.2, 0) is 10.3 Å². The Kier molecular flexibility index (Phi) is 6.63. The number of carbonyl (C=O) groups excluding carboxylic acids is 1. The fourth-order valence-corrected chi connectivity index (χ4v) is 7.02. The summed E-state index contributed by atoms with van der Waals surface area (Å²) in [5, 5.41) is 11.3. The SMILES string of the molecule is CC(C)(C)OC(=O)[NH+]1CC2CC1CN2c1ncc(-c2ccc3nc4c(n3c2)C(c2ccccc2OC(F)F)CC4(C)O)cn1. The number of fused-ring (bicyclic) bond motifs is 5. The highest BCUT2D eigenvalue weighted by Crippen LogP contribution is 2.49. The second kappa shape index (κ2) is 10.2. The first-order valence-corrected chi connectivity index (χ1v) is 14.8. The van der Waals surface area contributed by atoms with Gasteiger partial charge in [0.25, 0.3) is 0 Å². The maximum atomic E-state index is 13.2. The normalized spacial score (nSPS) is 26.0. The van der Waals surface area contributed by atoms with Gasteiger partial charge in [0.2, 0.25) is 5.95 Å². The van der Waals surface area contributed by atoms with Gasteiger partial charge in [0.05, 0.1) is 24.0 Å². The number of anilines is 1. The van der Waals surface area contributed by atoms with Crippen LogP contribution >= 0.6 is 0 Å². The number of hydrogen-bond donors (Lipinski definition) is 2. The quantitative estimate of drug-likeness (QED) is 0.353. The number of pyridine rings is 1. The number of para-hydroxylation sites is 1. The number of piperazine rings is 1. The van der Waals surface area contributed by atoms with Crippen molar-refractivity contribution in [3.63, 3.8) is 0 Å². The molecule has 1 aliphatic carbocycles. The molecular weight excluding hydrogens is 570 g/mol. The van der Waals surface area contributed by atoms with Crippen molar-refractivity contribution in [3.05, 3.63) is 71.9 Å². The van der Waals surface area contributed by atoms with E-state index in [-0.39, 0.29) is 30.3 Å². The van der Waals surface area contributed by atoms with Gasteiger partial charge in [0.15, 0.2) is 0 Å². The molecule has 3 aromatic heterocycles. The average molecular weight is 606 g/mol. The van der Waals surface area contributed by atoms with Crippen LogP contribution < -0.4 is 14.5 Å². The molecule has 2 bridgehead atoms. The smallest absolute Gasteiger partial charge is 0.435 e. The summed E-state index contributed by atoms with van der Waals surface area (Å²) in [5.74, 6) is 0.297. The number of nitrogens with one attached hydrogen (secondary N) is 1. The summed E-state index contributed by atoms with van der Waals surface area (Å²) in [7, 11) is 0. The number of nitrogens with zero attached hydrogens (tertiary/aromatic N) is 5. The molecule has 230 valence electrons. The molecule has 10 nitrogen and oxygen atoms in total. The molecule has 0 spiro atoms. The maximum absolute atomic E-state index is 13.2. The van der Waals surface area contributed by atoms with Crippen LogP contribution in [-0.4, -0.2) is 67.9 Å². The van der Waals surface area contributed by atoms with Crippen molar-refractivity contribution in [2.45, 2.75) is 76.4 Å². The van der Waals surface area contributed by atoms with Gasteiger partial charge in [-0.15, -0.1) is 0 Å². The lowest BCUT2D eigenvalue weighted by Crippen LogP contribution is -3.18. The van der Waals surface area contributed by atoms with E-state index in [1.807, 2.05) is 43.5 Å². The van der Waals surface area contributed by atoms with Crippen molar-refractivity contribution in [1.82, 2.24) is 19.4 Å². The Morgan fingerprint density at radius 2 is 1.89 bits per heavy atom. The molecule has 3 aliphatic rings. The number of halogens is 2. The van der Waals surface area contributed by atoms with E-state index in [1.54, 1.807) is 37.5 Å². The van der Waals surface area contributed by atoms with Crippen LogP contribution in [0.3, 0.4) is 0 Å². The zero-order chi connectivity index (χ0) is 31.0. The summed E-state index contributed by atoms with van der Waals surface area (Å²) >= 11 is 0. The van der Waals surface area contributed by atoms with Crippen molar-refractivity contribution < 1.29 is 33.1 Å². The van der Waals surface area contributed by atoms with E-state index >= 15 is 0 Å². The molecule has 5 heterocycles. The summed E-state index contributed by atoms with van der Waals surface area (Å²) in [4.78, 5) is 29.8. The van der Waals surface area contributed by atoms with Gasteiger partial charge in [-0.25, -0.2) is 19.9 Å². The summed E-state index contributed by atoms with van der Waals surface area (Å²) in [6, 6.07) is 10.8. The van der Waals surface area contributed by atoms with E-state index < -0.39 is 23.7 Å². The minimum atomic E-state index is -2.96. The lowest BCUT2D eigenvalue weighted by Gasteiger charge is -2.31. The first-order valence-electron chi connectivity index (χ1n) is 14.8. The van der Waals surface area contributed by atoms with Crippen molar-refractivity contribution in [1.29, 1.82) is 0 Å².